The van der Waals surface area contributed by atoms with Crippen molar-refractivity contribution in [3.05, 3.63) is 41.2 Å². The molecule has 1 heterocycles. The number of hydrogen-bond acceptors (Lipinski definition) is 4. The largest absolute Gasteiger partial charge is 0.484 e. The van der Waals surface area contributed by atoms with Gasteiger partial charge in [-0.25, -0.2) is 9.78 Å². The van der Waals surface area contributed by atoms with E-state index >= 15 is 0 Å². The summed E-state index contributed by atoms with van der Waals surface area (Å²) in [5.74, 6) is -1.05. The fourth-order valence-corrected chi connectivity index (χ4v) is 3.20. The molecule has 0 aliphatic rings. The Morgan fingerprint density at radius 3 is 2.10 bits per heavy atom. The molecule has 1 N–H and O–H groups in total. The molecule has 0 aliphatic carbocycles. The SMILES string of the molecule is O=C(O)c1nc(COc2c(Cl)c(Cl)c(Cl)c(Cl)c2Cl)cs1. The molecule has 21 heavy (non-hydrogen) atoms. The molecule has 0 atom stereocenters. The lowest BCUT2D eigenvalue weighted by atomic mass is 10.3. The van der Waals surface area contributed by atoms with Crippen molar-refractivity contribution in [3.8, 4) is 5.75 Å². The van der Waals surface area contributed by atoms with Gasteiger partial charge in [-0.3, -0.25) is 0 Å². The van der Waals surface area contributed by atoms with Crippen LogP contribution in [-0.4, -0.2) is 16.1 Å². The van der Waals surface area contributed by atoms with E-state index < -0.39 is 5.97 Å². The van der Waals surface area contributed by atoms with Gasteiger partial charge in [0.25, 0.3) is 0 Å². The number of rotatable bonds is 4. The lowest BCUT2D eigenvalue weighted by Crippen LogP contribution is -2.00. The average molecular weight is 407 g/mol. The van der Waals surface area contributed by atoms with E-state index in [0.29, 0.717) is 5.69 Å². The number of halogens is 5. The summed E-state index contributed by atoms with van der Waals surface area (Å²) < 4.78 is 5.42. The van der Waals surface area contributed by atoms with Gasteiger partial charge in [-0.15, -0.1) is 11.3 Å². The smallest absolute Gasteiger partial charge is 0.365 e. The molecular weight excluding hydrogens is 403 g/mol. The summed E-state index contributed by atoms with van der Waals surface area (Å²) >= 11 is 30.7. The summed E-state index contributed by atoms with van der Waals surface area (Å²) in [5.41, 5.74) is 0.409. The first-order chi connectivity index (χ1) is 9.82. The molecule has 1 aromatic carbocycles. The third-order valence-electron chi connectivity index (χ3n) is 2.27. The van der Waals surface area contributed by atoms with Crippen LogP contribution in [0.3, 0.4) is 0 Å². The number of thiazole rings is 1. The minimum absolute atomic E-state index is 0.0183. The monoisotopic (exact) mass is 405 g/mol. The number of benzene rings is 1. The second-order valence-electron chi connectivity index (χ2n) is 3.64. The Bertz CT molecular complexity index is 689. The second-order valence-corrected chi connectivity index (χ2v) is 6.38. The molecule has 1 aromatic heterocycles. The number of aromatic nitrogens is 1. The Hall–Kier alpha value is -0.430. The van der Waals surface area contributed by atoms with Gasteiger partial charge in [-0.05, 0) is 0 Å². The van der Waals surface area contributed by atoms with Gasteiger partial charge in [0.1, 0.15) is 16.7 Å². The lowest BCUT2D eigenvalue weighted by Gasteiger charge is -2.12. The summed E-state index contributed by atoms with van der Waals surface area (Å²) in [6, 6.07) is 0. The number of ether oxygens (including phenoxy) is 1. The molecule has 2 aromatic rings. The van der Waals surface area contributed by atoms with E-state index in [-0.39, 0.29) is 42.5 Å². The van der Waals surface area contributed by atoms with Gasteiger partial charge in [-0.1, -0.05) is 58.0 Å². The van der Waals surface area contributed by atoms with Crippen molar-refractivity contribution in [2.24, 2.45) is 0 Å². The number of carboxylic acid groups (broad SMARTS) is 1. The van der Waals surface area contributed by atoms with E-state index in [1.54, 1.807) is 5.38 Å². The van der Waals surface area contributed by atoms with Crippen LogP contribution in [0.25, 0.3) is 0 Å². The number of nitrogens with zero attached hydrogens (tertiary/aromatic N) is 1. The van der Waals surface area contributed by atoms with Crippen molar-refractivity contribution in [2.75, 3.05) is 0 Å². The van der Waals surface area contributed by atoms with Crippen LogP contribution in [0.5, 0.6) is 5.75 Å². The summed E-state index contributed by atoms with van der Waals surface area (Å²) in [4.78, 5) is 14.6. The number of hydrogen-bond donors (Lipinski definition) is 1. The minimum atomic E-state index is -1.11. The topological polar surface area (TPSA) is 59.4 Å². The first kappa shape index (κ1) is 16.9. The van der Waals surface area contributed by atoms with Gasteiger partial charge in [-0.2, -0.15) is 0 Å². The van der Waals surface area contributed by atoms with Crippen LogP contribution in [0.1, 0.15) is 15.5 Å². The van der Waals surface area contributed by atoms with E-state index in [0.717, 1.165) is 11.3 Å². The van der Waals surface area contributed by atoms with Crippen molar-refractivity contribution in [1.82, 2.24) is 4.98 Å². The maximum absolute atomic E-state index is 10.7. The lowest BCUT2D eigenvalue weighted by molar-refractivity contribution is 0.0696. The van der Waals surface area contributed by atoms with Crippen LogP contribution >= 0.6 is 69.3 Å². The number of carboxylic acids is 1. The van der Waals surface area contributed by atoms with Crippen LogP contribution < -0.4 is 4.74 Å². The first-order valence-corrected chi connectivity index (χ1v) is 7.91. The third-order valence-corrected chi connectivity index (χ3v) is 5.39. The average Bonchev–Trinajstić information content (AvgIpc) is 2.92. The summed E-state index contributed by atoms with van der Waals surface area (Å²) in [6.07, 6.45) is 0. The van der Waals surface area contributed by atoms with Crippen LogP contribution in [0.15, 0.2) is 5.38 Å². The highest BCUT2D eigenvalue weighted by atomic mass is 35.5. The quantitative estimate of drug-likeness (QED) is 0.523. The Morgan fingerprint density at radius 1 is 1.10 bits per heavy atom. The zero-order valence-corrected chi connectivity index (χ0v) is 14.4. The molecule has 0 aliphatic heterocycles. The fourth-order valence-electron chi connectivity index (χ4n) is 1.33. The molecule has 0 fully saturated rings. The molecule has 0 unspecified atom stereocenters. The molecule has 0 spiro atoms. The Kier molecular flexibility index (Phi) is 5.46. The van der Waals surface area contributed by atoms with Crippen molar-refractivity contribution in [3.63, 3.8) is 0 Å². The van der Waals surface area contributed by atoms with Crippen molar-refractivity contribution < 1.29 is 14.6 Å². The summed E-state index contributed by atoms with van der Waals surface area (Å²) in [6.45, 7) is -0.0441. The van der Waals surface area contributed by atoms with Gasteiger partial charge in [0.05, 0.1) is 20.8 Å². The molecule has 2 rings (SSSR count). The zero-order chi connectivity index (χ0) is 15.7. The molecular formula is C11H4Cl5NO3S. The molecule has 0 amide bonds. The van der Waals surface area contributed by atoms with E-state index in [4.69, 9.17) is 67.8 Å². The number of aromatic carboxylic acids is 1. The highest BCUT2D eigenvalue weighted by Crippen LogP contribution is 2.48. The highest BCUT2D eigenvalue weighted by Gasteiger charge is 2.21. The Labute approximate surface area is 148 Å². The molecule has 0 saturated heterocycles. The fraction of sp³-hybridized carbons (Fsp3) is 0.0909. The van der Waals surface area contributed by atoms with E-state index in [1.807, 2.05) is 0 Å². The Balaban J connectivity index is 2.26. The predicted molar refractivity (Wildman–Crippen MR) is 84.9 cm³/mol. The van der Waals surface area contributed by atoms with Crippen LogP contribution in [0, 0.1) is 0 Å². The van der Waals surface area contributed by atoms with Crippen LogP contribution in [0.2, 0.25) is 25.1 Å². The third kappa shape index (κ3) is 3.50. The summed E-state index contributed by atoms with van der Waals surface area (Å²) in [5, 5.41) is 10.4. The normalized spacial score (nSPS) is 10.7. The predicted octanol–water partition coefficient (Wildman–Crippen LogP) is 5.69. The molecule has 0 saturated carbocycles. The summed E-state index contributed by atoms with van der Waals surface area (Å²) in [7, 11) is 0. The van der Waals surface area contributed by atoms with Gasteiger partial charge in [0.2, 0.25) is 5.01 Å². The maximum Gasteiger partial charge on any atom is 0.365 e. The van der Waals surface area contributed by atoms with Crippen molar-refractivity contribution >= 4 is 75.3 Å². The standard InChI is InChI=1S/C11H4Cl5NO3S/c12-4-5(13)7(15)9(8(16)6(4)14)20-1-3-2-21-10(17-3)11(18)19/h2H,1H2,(H,18,19). The molecule has 112 valence electrons. The van der Waals surface area contributed by atoms with Crippen LogP contribution in [0.4, 0.5) is 0 Å². The minimum Gasteiger partial charge on any atom is -0.484 e. The molecule has 0 bridgehead atoms. The number of carbonyl (C=O) groups is 1. The first-order valence-electron chi connectivity index (χ1n) is 5.14. The Morgan fingerprint density at radius 2 is 1.62 bits per heavy atom. The van der Waals surface area contributed by atoms with Gasteiger partial charge in [0.15, 0.2) is 5.75 Å². The zero-order valence-electron chi connectivity index (χ0n) is 9.79. The molecule has 0 radical (unpaired) electrons. The molecule has 4 nitrogen and oxygen atoms in total. The van der Waals surface area contributed by atoms with Gasteiger partial charge >= 0.3 is 5.97 Å². The molecule has 10 heteroatoms. The van der Waals surface area contributed by atoms with E-state index in [9.17, 15) is 4.79 Å². The second kappa shape index (κ2) is 6.77. The highest BCUT2D eigenvalue weighted by molar-refractivity contribution is 7.11. The van der Waals surface area contributed by atoms with E-state index in [1.165, 1.54) is 0 Å². The van der Waals surface area contributed by atoms with Gasteiger partial charge in [0, 0.05) is 5.38 Å². The van der Waals surface area contributed by atoms with Crippen molar-refractivity contribution in [2.45, 2.75) is 6.61 Å². The van der Waals surface area contributed by atoms with Gasteiger partial charge < -0.3 is 9.84 Å². The maximum atomic E-state index is 10.7. The van der Waals surface area contributed by atoms with Crippen LogP contribution in [-0.2, 0) is 6.61 Å². The van der Waals surface area contributed by atoms with E-state index in [2.05, 4.69) is 4.98 Å². The van der Waals surface area contributed by atoms with Crippen molar-refractivity contribution in [1.29, 1.82) is 0 Å².